The SMILES string of the molecule is CCN(CC)CCOC(=O)CCc1ccc(Cl)cc1Cl.Cl. The topological polar surface area (TPSA) is 29.5 Å². The van der Waals surface area contributed by atoms with E-state index in [1.54, 1.807) is 12.1 Å². The molecule has 3 nitrogen and oxygen atoms in total. The Morgan fingerprint density at radius 1 is 1.24 bits per heavy atom. The summed E-state index contributed by atoms with van der Waals surface area (Å²) in [5.74, 6) is -0.192. The van der Waals surface area contributed by atoms with Gasteiger partial charge in [0, 0.05) is 23.0 Å². The molecular formula is C15H22Cl3NO2. The fourth-order valence-electron chi connectivity index (χ4n) is 1.86. The third kappa shape index (κ3) is 7.91. The van der Waals surface area contributed by atoms with Crippen molar-refractivity contribution in [3.8, 4) is 0 Å². The van der Waals surface area contributed by atoms with Crippen molar-refractivity contribution < 1.29 is 9.53 Å². The van der Waals surface area contributed by atoms with Crippen molar-refractivity contribution in [3.63, 3.8) is 0 Å². The largest absolute Gasteiger partial charge is 0.464 e. The van der Waals surface area contributed by atoms with Crippen LogP contribution in [0.1, 0.15) is 25.8 Å². The highest BCUT2D eigenvalue weighted by Crippen LogP contribution is 2.22. The van der Waals surface area contributed by atoms with E-state index in [9.17, 15) is 4.79 Å². The van der Waals surface area contributed by atoms with E-state index >= 15 is 0 Å². The van der Waals surface area contributed by atoms with Gasteiger partial charge in [0.05, 0.1) is 0 Å². The van der Waals surface area contributed by atoms with Crippen molar-refractivity contribution in [1.82, 2.24) is 4.90 Å². The Bertz CT molecular complexity index is 437. The number of benzene rings is 1. The van der Waals surface area contributed by atoms with Gasteiger partial charge in [0.15, 0.2) is 0 Å². The molecule has 6 heteroatoms. The van der Waals surface area contributed by atoms with Crippen LogP contribution in [0.2, 0.25) is 10.0 Å². The molecular weight excluding hydrogens is 333 g/mol. The molecule has 0 amide bonds. The maximum Gasteiger partial charge on any atom is 0.306 e. The predicted octanol–water partition coefficient (Wildman–Crippen LogP) is 4.23. The zero-order chi connectivity index (χ0) is 15.0. The van der Waals surface area contributed by atoms with Crippen LogP contribution in [0.25, 0.3) is 0 Å². The summed E-state index contributed by atoms with van der Waals surface area (Å²) in [6.07, 6.45) is 0.902. The van der Waals surface area contributed by atoms with Crippen LogP contribution < -0.4 is 0 Å². The van der Waals surface area contributed by atoms with Gasteiger partial charge >= 0.3 is 5.97 Å². The Balaban J connectivity index is 0.00000400. The zero-order valence-electron chi connectivity index (χ0n) is 12.4. The second-order valence-corrected chi connectivity index (χ2v) is 5.33. The van der Waals surface area contributed by atoms with Crippen molar-refractivity contribution in [3.05, 3.63) is 33.8 Å². The van der Waals surface area contributed by atoms with Gasteiger partial charge < -0.3 is 9.64 Å². The van der Waals surface area contributed by atoms with Crippen LogP contribution in [0.5, 0.6) is 0 Å². The Labute approximate surface area is 143 Å². The van der Waals surface area contributed by atoms with E-state index in [1.807, 2.05) is 6.07 Å². The van der Waals surface area contributed by atoms with Crippen molar-refractivity contribution >= 4 is 41.6 Å². The molecule has 0 bridgehead atoms. The molecule has 0 aromatic heterocycles. The Morgan fingerprint density at radius 2 is 1.90 bits per heavy atom. The fraction of sp³-hybridized carbons (Fsp3) is 0.533. The van der Waals surface area contributed by atoms with E-state index < -0.39 is 0 Å². The van der Waals surface area contributed by atoms with Gasteiger partial charge in [-0.15, -0.1) is 12.4 Å². The van der Waals surface area contributed by atoms with E-state index in [4.69, 9.17) is 27.9 Å². The number of esters is 1. The first-order valence-corrected chi connectivity index (χ1v) is 7.64. The number of hydrogen-bond acceptors (Lipinski definition) is 3. The van der Waals surface area contributed by atoms with Gasteiger partial charge in [0.2, 0.25) is 0 Å². The maximum atomic E-state index is 11.6. The van der Waals surface area contributed by atoms with Crippen molar-refractivity contribution in [1.29, 1.82) is 0 Å². The Hall–Kier alpha value is -0.480. The molecule has 0 aliphatic heterocycles. The van der Waals surface area contributed by atoms with Gasteiger partial charge in [-0.05, 0) is 37.2 Å². The molecule has 120 valence electrons. The number of likely N-dealkylation sites (N-methyl/N-ethyl adjacent to an activating group) is 1. The lowest BCUT2D eigenvalue weighted by molar-refractivity contribution is -0.144. The highest BCUT2D eigenvalue weighted by Gasteiger charge is 2.07. The summed E-state index contributed by atoms with van der Waals surface area (Å²) in [4.78, 5) is 13.9. The molecule has 0 saturated carbocycles. The molecule has 1 rings (SSSR count). The number of halogens is 3. The summed E-state index contributed by atoms with van der Waals surface area (Å²) < 4.78 is 5.21. The van der Waals surface area contributed by atoms with E-state index in [2.05, 4.69) is 18.7 Å². The van der Waals surface area contributed by atoms with Crippen LogP contribution in [0.15, 0.2) is 18.2 Å². The van der Waals surface area contributed by atoms with Gasteiger partial charge in [-0.25, -0.2) is 0 Å². The third-order valence-corrected chi connectivity index (χ3v) is 3.77. The molecule has 0 aliphatic rings. The van der Waals surface area contributed by atoms with Gasteiger partial charge in [0.1, 0.15) is 6.61 Å². The number of rotatable bonds is 8. The second kappa shape index (κ2) is 11.1. The first kappa shape index (κ1) is 20.5. The highest BCUT2D eigenvalue weighted by atomic mass is 35.5. The number of aryl methyl sites for hydroxylation is 1. The minimum Gasteiger partial charge on any atom is -0.464 e. The summed E-state index contributed by atoms with van der Waals surface area (Å²) >= 11 is 11.9. The highest BCUT2D eigenvalue weighted by molar-refractivity contribution is 6.35. The molecule has 0 N–H and O–H groups in total. The number of nitrogens with zero attached hydrogens (tertiary/aromatic N) is 1. The summed E-state index contributed by atoms with van der Waals surface area (Å²) in [5.41, 5.74) is 0.914. The number of hydrogen-bond donors (Lipinski definition) is 0. The lowest BCUT2D eigenvalue weighted by Crippen LogP contribution is -2.27. The average molecular weight is 355 g/mol. The molecule has 1 aromatic rings. The minimum atomic E-state index is -0.192. The lowest BCUT2D eigenvalue weighted by Gasteiger charge is -2.17. The Morgan fingerprint density at radius 3 is 2.48 bits per heavy atom. The smallest absolute Gasteiger partial charge is 0.306 e. The molecule has 1 aromatic carbocycles. The number of carbonyl (C=O) groups is 1. The molecule has 0 radical (unpaired) electrons. The molecule has 0 heterocycles. The summed E-state index contributed by atoms with van der Waals surface area (Å²) in [5, 5.41) is 1.19. The first-order valence-electron chi connectivity index (χ1n) is 6.88. The maximum absolute atomic E-state index is 11.6. The number of ether oxygens (including phenoxy) is 1. The molecule has 0 atom stereocenters. The standard InChI is InChI=1S/C15H21Cl2NO2.ClH/c1-3-18(4-2)9-10-20-15(19)8-6-12-5-7-13(16)11-14(12)17;/h5,7,11H,3-4,6,8-10H2,1-2H3;1H. The van der Waals surface area contributed by atoms with E-state index in [-0.39, 0.29) is 18.4 Å². The Kier molecular flexibility index (Phi) is 10.9. The van der Waals surface area contributed by atoms with Crippen molar-refractivity contribution in [2.24, 2.45) is 0 Å². The molecule has 0 saturated heterocycles. The van der Waals surface area contributed by atoms with E-state index in [0.717, 1.165) is 25.2 Å². The van der Waals surface area contributed by atoms with Gasteiger partial charge in [0.25, 0.3) is 0 Å². The van der Waals surface area contributed by atoms with E-state index in [0.29, 0.717) is 29.5 Å². The minimum absolute atomic E-state index is 0. The first-order chi connectivity index (χ1) is 9.56. The summed E-state index contributed by atoms with van der Waals surface area (Å²) in [6.45, 7) is 7.33. The van der Waals surface area contributed by atoms with Crippen LogP contribution in [-0.2, 0) is 16.0 Å². The second-order valence-electron chi connectivity index (χ2n) is 4.48. The van der Waals surface area contributed by atoms with Crippen LogP contribution >= 0.6 is 35.6 Å². The fourth-order valence-corrected chi connectivity index (χ4v) is 2.36. The van der Waals surface area contributed by atoms with E-state index in [1.165, 1.54) is 0 Å². The lowest BCUT2D eigenvalue weighted by atomic mass is 10.1. The van der Waals surface area contributed by atoms with Gasteiger partial charge in [-0.3, -0.25) is 4.79 Å². The monoisotopic (exact) mass is 353 g/mol. The van der Waals surface area contributed by atoms with Crippen molar-refractivity contribution in [2.75, 3.05) is 26.2 Å². The summed E-state index contributed by atoms with van der Waals surface area (Å²) in [7, 11) is 0. The normalized spacial score (nSPS) is 10.3. The van der Waals surface area contributed by atoms with Crippen molar-refractivity contribution in [2.45, 2.75) is 26.7 Å². The molecule has 0 unspecified atom stereocenters. The molecule has 0 spiro atoms. The van der Waals surface area contributed by atoms with Crippen LogP contribution in [0, 0.1) is 0 Å². The molecule has 21 heavy (non-hydrogen) atoms. The van der Waals surface area contributed by atoms with Crippen LogP contribution in [0.4, 0.5) is 0 Å². The molecule has 0 aliphatic carbocycles. The van der Waals surface area contributed by atoms with Crippen LogP contribution in [0.3, 0.4) is 0 Å². The third-order valence-electron chi connectivity index (χ3n) is 3.18. The number of carbonyl (C=O) groups excluding carboxylic acids is 1. The molecule has 0 fully saturated rings. The predicted molar refractivity (Wildman–Crippen MR) is 90.8 cm³/mol. The quantitative estimate of drug-likeness (QED) is 0.654. The summed E-state index contributed by atoms with van der Waals surface area (Å²) in [6, 6.07) is 5.30. The van der Waals surface area contributed by atoms with Gasteiger partial charge in [-0.1, -0.05) is 43.1 Å². The average Bonchev–Trinajstić information content (AvgIpc) is 2.42. The van der Waals surface area contributed by atoms with Gasteiger partial charge in [-0.2, -0.15) is 0 Å². The zero-order valence-corrected chi connectivity index (χ0v) is 14.7. The van der Waals surface area contributed by atoms with Crippen LogP contribution in [-0.4, -0.2) is 37.1 Å².